The maximum Gasteiger partial charge on any atom is 0.362 e. The minimum Gasteiger partial charge on any atom is -0.463 e. The van der Waals surface area contributed by atoms with Crippen molar-refractivity contribution in [3.05, 3.63) is 33.9 Å². The Kier molecular flexibility index (Phi) is 4.30. The minimum absolute atomic E-state index is 0.0693. The molecule has 0 amide bonds. The van der Waals surface area contributed by atoms with Crippen molar-refractivity contribution < 1.29 is 28.7 Å². The zero-order chi connectivity index (χ0) is 16.3. The smallest absolute Gasteiger partial charge is 0.362 e. The molecule has 8 nitrogen and oxygen atoms in total. The number of nitrogens with zero attached hydrogens (tertiary/aromatic N) is 1. The average Bonchev–Trinajstić information content (AvgIpc) is 2.87. The van der Waals surface area contributed by atoms with E-state index in [0.29, 0.717) is 5.56 Å². The van der Waals surface area contributed by atoms with E-state index >= 15 is 0 Å². The van der Waals surface area contributed by atoms with Crippen molar-refractivity contribution in [3.8, 4) is 5.75 Å². The molecule has 0 bridgehead atoms. The van der Waals surface area contributed by atoms with Crippen LogP contribution in [0, 0.1) is 10.1 Å². The predicted octanol–water partition coefficient (Wildman–Crippen LogP) is 1.39. The van der Waals surface area contributed by atoms with Gasteiger partial charge in [-0.25, -0.2) is 9.59 Å². The minimum atomic E-state index is -1.94. The van der Waals surface area contributed by atoms with Crippen LogP contribution < -0.4 is 4.74 Å². The monoisotopic (exact) mass is 309 g/mol. The van der Waals surface area contributed by atoms with Crippen LogP contribution >= 0.6 is 0 Å². The Morgan fingerprint density at radius 2 is 1.86 bits per heavy atom. The molecule has 0 spiro atoms. The highest BCUT2D eigenvalue weighted by atomic mass is 16.6. The summed E-state index contributed by atoms with van der Waals surface area (Å²) in [7, 11) is 0. The Morgan fingerprint density at radius 1 is 1.27 bits per heavy atom. The molecule has 0 unspecified atom stereocenters. The van der Waals surface area contributed by atoms with Gasteiger partial charge in [0, 0.05) is 24.1 Å². The summed E-state index contributed by atoms with van der Waals surface area (Å²) in [5, 5.41) is 10.8. The second kappa shape index (κ2) is 6.00. The zero-order valence-electron chi connectivity index (χ0n) is 12.2. The van der Waals surface area contributed by atoms with E-state index in [-0.39, 0.29) is 31.1 Å². The Labute approximate surface area is 126 Å². The fraction of sp³-hybridized carbons (Fsp3) is 0.429. The van der Waals surface area contributed by atoms with Gasteiger partial charge in [0.15, 0.2) is 0 Å². The van der Waals surface area contributed by atoms with Crippen LogP contribution in [-0.2, 0) is 25.5 Å². The van der Waals surface area contributed by atoms with Crippen molar-refractivity contribution in [3.63, 3.8) is 0 Å². The number of nitro benzene ring substituents is 1. The molecular formula is C14H15NO7. The summed E-state index contributed by atoms with van der Waals surface area (Å²) in [5.74, 6) is -1.51. The number of hydrogen-bond acceptors (Lipinski definition) is 7. The summed E-state index contributed by atoms with van der Waals surface area (Å²) in [6, 6.07) is 3.87. The number of ether oxygens (including phenoxy) is 3. The average molecular weight is 309 g/mol. The van der Waals surface area contributed by atoms with Crippen molar-refractivity contribution in [2.24, 2.45) is 0 Å². The first-order valence-electron chi connectivity index (χ1n) is 6.75. The number of esters is 2. The number of rotatable bonds is 5. The van der Waals surface area contributed by atoms with Gasteiger partial charge in [0.2, 0.25) is 0 Å². The third kappa shape index (κ3) is 2.59. The quantitative estimate of drug-likeness (QED) is 0.350. The summed E-state index contributed by atoms with van der Waals surface area (Å²) >= 11 is 0. The first kappa shape index (κ1) is 15.7. The molecule has 22 heavy (non-hydrogen) atoms. The summed E-state index contributed by atoms with van der Waals surface area (Å²) in [6.07, 6.45) is -0.165. The molecule has 0 saturated carbocycles. The van der Waals surface area contributed by atoms with E-state index in [2.05, 4.69) is 0 Å². The standard InChI is InChI=1S/C14H15NO7/c1-3-20-12(16)14(13(17)21-4-2)8-9-7-10(15(18)19)5-6-11(9)22-14/h5-7H,3-4,8H2,1-2H3. The molecule has 0 atom stereocenters. The Balaban J connectivity index is 2.39. The Bertz CT molecular complexity index is 608. The molecule has 1 aromatic carbocycles. The zero-order valence-corrected chi connectivity index (χ0v) is 12.2. The van der Waals surface area contributed by atoms with Crippen LogP contribution in [0.5, 0.6) is 5.75 Å². The van der Waals surface area contributed by atoms with Gasteiger partial charge in [-0.15, -0.1) is 0 Å². The fourth-order valence-corrected chi connectivity index (χ4v) is 2.22. The van der Waals surface area contributed by atoms with E-state index in [4.69, 9.17) is 14.2 Å². The van der Waals surface area contributed by atoms with Gasteiger partial charge >= 0.3 is 17.5 Å². The van der Waals surface area contributed by atoms with Crippen LogP contribution in [0.25, 0.3) is 0 Å². The number of benzene rings is 1. The molecule has 0 fully saturated rings. The lowest BCUT2D eigenvalue weighted by molar-refractivity contribution is -0.384. The van der Waals surface area contributed by atoms with Crippen LogP contribution in [0.1, 0.15) is 19.4 Å². The molecule has 8 heteroatoms. The topological polar surface area (TPSA) is 105 Å². The number of nitro groups is 1. The number of carbonyl (C=O) groups is 2. The van der Waals surface area contributed by atoms with E-state index in [1.165, 1.54) is 18.2 Å². The molecule has 0 radical (unpaired) electrons. The maximum atomic E-state index is 12.2. The van der Waals surface area contributed by atoms with E-state index in [9.17, 15) is 19.7 Å². The van der Waals surface area contributed by atoms with E-state index in [0.717, 1.165) is 0 Å². The lowest BCUT2D eigenvalue weighted by Gasteiger charge is -2.23. The lowest BCUT2D eigenvalue weighted by atomic mass is 9.97. The Hall–Kier alpha value is -2.64. The second-order valence-electron chi connectivity index (χ2n) is 4.60. The van der Waals surface area contributed by atoms with E-state index < -0.39 is 22.5 Å². The SMILES string of the molecule is CCOC(=O)C1(C(=O)OCC)Cc2cc([N+](=O)[O-])ccc2O1. The number of fused-ring (bicyclic) bond motifs is 1. The lowest BCUT2D eigenvalue weighted by Crippen LogP contribution is -2.53. The number of carbonyl (C=O) groups excluding carboxylic acids is 2. The molecule has 1 heterocycles. The Morgan fingerprint density at radius 3 is 2.36 bits per heavy atom. The molecule has 0 saturated heterocycles. The first-order chi connectivity index (χ1) is 10.4. The third-order valence-corrected chi connectivity index (χ3v) is 3.19. The van der Waals surface area contributed by atoms with Gasteiger partial charge in [0.25, 0.3) is 5.69 Å². The molecular weight excluding hydrogens is 294 g/mol. The van der Waals surface area contributed by atoms with E-state index in [1.54, 1.807) is 13.8 Å². The van der Waals surface area contributed by atoms with Crippen molar-refractivity contribution in [2.75, 3.05) is 13.2 Å². The fourth-order valence-electron chi connectivity index (χ4n) is 2.22. The van der Waals surface area contributed by atoms with Crippen molar-refractivity contribution in [1.82, 2.24) is 0 Å². The third-order valence-electron chi connectivity index (χ3n) is 3.19. The highest BCUT2D eigenvalue weighted by Gasteiger charge is 2.56. The van der Waals surface area contributed by atoms with Gasteiger partial charge < -0.3 is 14.2 Å². The maximum absolute atomic E-state index is 12.2. The van der Waals surface area contributed by atoms with Gasteiger partial charge in [-0.2, -0.15) is 0 Å². The van der Waals surface area contributed by atoms with Gasteiger partial charge in [0.05, 0.1) is 18.1 Å². The van der Waals surface area contributed by atoms with Crippen molar-refractivity contribution >= 4 is 17.6 Å². The van der Waals surface area contributed by atoms with Crippen LogP contribution in [0.3, 0.4) is 0 Å². The number of hydrogen-bond donors (Lipinski definition) is 0. The van der Waals surface area contributed by atoms with Crippen LogP contribution in [0.4, 0.5) is 5.69 Å². The molecule has 1 aliphatic rings. The van der Waals surface area contributed by atoms with Crippen molar-refractivity contribution in [1.29, 1.82) is 0 Å². The van der Waals surface area contributed by atoms with Crippen LogP contribution in [0.15, 0.2) is 18.2 Å². The highest BCUT2D eigenvalue weighted by molar-refractivity contribution is 6.05. The van der Waals surface area contributed by atoms with E-state index in [1.807, 2.05) is 0 Å². The summed E-state index contributed by atoms with van der Waals surface area (Å²) in [4.78, 5) is 34.6. The van der Waals surface area contributed by atoms with Gasteiger partial charge in [-0.1, -0.05) is 0 Å². The van der Waals surface area contributed by atoms with Crippen LogP contribution in [0.2, 0.25) is 0 Å². The molecule has 1 aliphatic heterocycles. The molecule has 2 rings (SSSR count). The highest BCUT2D eigenvalue weighted by Crippen LogP contribution is 2.38. The second-order valence-corrected chi connectivity index (χ2v) is 4.60. The van der Waals surface area contributed by atoms with Crippen molar-refractivity contribution in [2.45, 2.75) is 25.9 Å². The molecule has 0 aromatic heterocycles. The first-order valence-corrected chi connectivity index (χ1v) is 6.75. The summed E-state index contributed by atoms with van der Waals surface area (Å²) < 4.78 is 15.3. The summed E-state index contributed by atoms with van der Waals surface area (Å²) in [5.41, 5.74) is -1.70. The molecule has 1 aromatic rings. The van der Waals surface area contributed by atoms with Crippen LogP contribution in [-0.4, -0.2) is 35.7 Å². The van der Waals surface area contributed by atoms with Gasteiger partial charge in [-0.05, 0) is 19.9 Å². The largest absolute Gasteiger partial charge is 0.463 e. The van der Waals surface area contributed by atoms with Gasteiger partial charge in [-0.3, -0.25) is 10.1 Å². The molecule has 118 valence electrons. The normalized spacial score (nSPS) is 14.6. The predicted molar refractivity (Wildman–Crippen MR) is 73.4 cm³/mol. The summed E-state index contributed by atoms with van der Waals surface area (Å²) in [6.45, 7) is 3.34. The number of non-ortho nitro benzene ring substituents is 1. The van der Waals surface area contributed by atoms with Gasteiger partial charge in [0.1, 0.15) is 5.75 Å². The molecule has 0 aliphatic carbocycles. The molecule has 0 N–H and O–H groups in total.